The van der Waals surface area contributed by atoms with Crippen molar-refractivity contribution in [1.29, 1.82) is 0 Å². The molecule has 2 heterocycles. The number of carbonyl (C=O) groups is 2. The maximum absolute atomic E-state index is 13.6. The molecule has 0 aliphatic heterocycles. The lowest BCUT2D eigenvalue weighted by molar-refractivity contribution is -0.122. The number of hydrogen-bond acceptors (Lipinski definition) is 6. The highest BCUT2D eigenvalue weighted by molar-refractivity contribution is 6.35. The van der Waals surface area contributed by atoms with E-state index in [4.69, 9.17) is 23.2 Å². The average molecular weight is 593 g/mol. The molecular formula is C30H31Cl2N7O2. The Bertz CT molecular complexity index is 1480. The molecule has 5 rings (SSSR count). The third-order valence-electron chi connectivity index (χ3n) is 7.14. The minimum atomic E-state index is -0.563. The first-order valence-corrected chi connectivity index (χ1v) is 14.4. The van der Waals surface area contributed by atoms with Crippen molar-refractivity contribution < 1.29 is 9.59 Å². The third kappa shape index (κ3) is 7.83. The fraction of sp³-hybridized carbons (Fsp3) is 0.300. The Morgan fingerprint density at radius 2 is 1.80 bits per heavy atom. The molecule has 1 fully saturated rings. The monoisotopic (exact) mass is 591 g/mol. The van der Waals surface area contributed by atoms with E-state index in [1.807, 2.05) is 6.07 Å². The van der Waals surface area contributed by atoms with Crippen molar-refractivity contribution in [3.05, 3.63) is 94.5 Å². The summed E-state index contributed by atoms with van der Waals surface area (Å²) in [5.74, 6) is 0.922. The van der Waals surface area contributed by atoms with Gasteiger partial charge in [0.15, 0.2) is 0 Å². The van der Waals surface area contributed by atoms with Crippen LogP contribution in [0, 0.1) is 5.92 Å². The molecule has 2 aromatic heterocycles. The highest BCUT2D eigenvalue weighted by Gasteiger charge is 2.25. The first-order valence-electron chi connectivity index (χ1n) is 13.7. The quantitative estimate of drug-likeness (QED) is 0.200. The molecule has 1 saturated carbocycles. The van der Waals surface area contributed by atoms with Crippen molar-refractivity contribution in [2.75, 3.05) is 10.6 Å². The SMILES string of the molecule is O=C(Nc1nc(NC(CC2CCCCC2)C(=O)NCc2ccc(Cl)cc2Cl)cc(-n2ccnc2)n1)c1ccccc1. The number of anilines is 2. The van der Waals surface area contributed by atoms with E-state index >= 15 is 0 Å². The van der Waals surface area contributed by atoms with Crippen LogP contribution in [0.25, 0.3) is 5.82 Å². The van der Waals surface area contributed by atoms with Crippen LogP contribution in [-0.4, -0.2) is 37.4 Å². The predicted molar refractivity (Wildman–Crippen MR) is 160 cm³/mol. The number of rotatable bonds is 10. The van der Waals surface area contributed by atoms with Gasteiger partial charge in [0.25, 0.3) is 5.91 Å². The lowest BCUT2D eigenvalue weighted by atomic mass is 9.84. The van der Waals surface area contributed by atoms with E-state index in [1.165, 1.54) is 6.42 Å². The van der Waals surface area contributed by atoms with Crippen molar-refractivity contribution in [1.82, 2.24) is 24.8 Å². The fourth-order valence-corrected chi connectivity index (χ4v) is 5.47. The lowest BCUT2D eigenvalue weighted by Gasteiger charge is -2.27. The van der Waals surface area contributed by atoms with E-state index in [-0.39, 0.29) is 24.3 Å². The number of aromatic nitrogens is 4. The Morgan fingerprint density at radius 3 is 2.54 bits per heavy atom. The van der Waals surface area contributed by atoms with Gasteiger partial charge in [-0.1, -0.05) is 79.6 Å². The number of hydrogen-bond donors (Lipinski definition) is 3. The van der Waals surface area contributed by atoms with E-state index in [0.29, 0.717) is 39.6 Å². The van der Waals surface area contributed by atoms with Gasteiger partial charge in [-0.15, -0.1) is 0 Å². The summed E-state index contributed by atoms with van der Waals surface area (Å²) in [6.45, 7) is 0.264. The summed E-state index contributed by atoms with van der Waals surface area (Å²) in [7, 11) is 0. The molecular weight excluding hydrogens is 561 g/mol. The van der Waals surface area contributed by atoms with E-state index in [2.05, 4.69) is 30.9 Å². The zero-order valence-corrected chi connectivity index (χ0v) is 23.9. The number of nitrogens with one attached hydrogen (secondary N) is 3. The number of imidazole rings is 1. The summed E-state index contributed by atoms with van der Waals surface area (Å²) < 4.78 is 1.71. The van der Waals surface area contributed by atoms with Crippen LogP contribution < -0.4 is 16.0 Å². The molecule has 3 N–H and O–H groups in total. The standard InChI is InChI=1S/C30H31Cl2N7O2/c31-23-12-11-22(24(32)16-23)18-34-29(41)25(15-20-7-3-1-4-8-20)35-26-17-27(39-14-13-33-19-39)37-30(36-26)38-28(40)21-9-5-2-6-10-21/h2,5-6,9-14,16-17,19-20,25H,1,3-4,7-8,15,18H2,(H,34,41)(H2,35,36,37,38,40). The number of amides is 2. The van der Waals surface area contributed by atoms with E-state index in [1.54, 1.807) is 71.8 Å². The van der Waals surface area contributed by atoms with Crippen LogP contribution in [0.4, 0.5) is 11.8 Å². The Hall–Kier alpha value is -3.95. The van der Waals surface area contributed by atoms with Crippen LogP contribution in [0.15, 0.2) is 73.3 Å². The largest absolute Gasteiger partial charge is 0.358 e. The summed E-state index contributed by atoms with van der Waals surface area (Å²) in [6, 6.07) is 15.2. The lowest BCUT2D eigenvalue weighted by Crippen LogP contribution is -2.41. The molecule has 4 aromatic rings. The molecule has 11 heteroatoms. The van der Waals surface area contributed by atoms with E-state index in [9.17, 15) is 9.59 Å². The Labute approximate surface area is 248 Å². The Balaban J connectivity index is 1.39. The molecule has 1 unspecified atom stereocenters. The zero-order valence-electron chi connectivity index (χ0n) is 22.4. The van der Waals surface area contributed by atoms with Crippen LogP contribution in [0.1, 0.15) is 54.4 Å². The molecule has 2 amide bonds. The van der Waals surface area contributed by atoms with E-state index < -0.39 is 6.04 Å². The molecule has 1 aliphatic carbocycles. The maximum Gasteiger partial charge on any atom is 0.258 e. The fourth-order valence-electron chi connectivity index (χ4n) is 4.99. The van der Waals surface area contributed by atoms with Crippen molar-refractivity contribution in [3.63, 3.8) is 0 Å². The van der Waals surface area contributed by atoms with Gasteiger partial charge >= 0.3 is 0 Å². The number of nitrogens with zero attached hydrogens (tertiary/aromatic N) is 4. The second-order valence-electron chi connectivity index (χ2n) is 10.1. The van der Waals surface area contributed by atoms with Crippen LogP contribution in [0.3, 0.4) is 0 Å². The number of halogens is 2. The molecule has 0 bridgehead atoms. The van der Waals surface area contributed by atoms with Crippen LogP contribution >= 0.6 is 23.2 Å². The summed E-state index contributed by atoms with van der Waals surface area (Å²) in [4.78, 5) is 39.6. The Morgan fingerprint density at radius 1 is 1.00 bits per heavy atom. The highest BCUT2D eigenvalue weighted by atomic mass is 35.5. The van der Waals surface area contributed by atoms with Gasteiger partial charge in [-0.2, -0.15) is 9.97 Å². The van der Waals surface area contributed by atoms with Gasteiger partial charge in [0.1, 0.15) is 24.0 Å². The average Bonchev–Trinajstić information content (AvgIpc) is 3.53. The predicted octanol–water partition coefficient (Wildman–Crippen LogP) is 6.29. The summed E-state index contributed by atoms with van der Waals surface area (Å²) in [6.07, 6.45) is 11.3. The van der Waals surface area contributed by atoms with Crippen molar-refractivity contribution in [2.45, 2.75) is 51.1 Å². The molecule has 0 spiro atoms. The molecule has 0 radical (unpaired) electrons. The minimum Gasteiger partial charge on any atom is -0.358 e. The van der Waals surface area contributed by atoms with Gasteiger partial charge in [0.05, 0.1) is 0 Å². The van der Waals surface area contributed by atoms with Gasteiger partial charge in [-0.25, -0.2) is 4.98 Å². The van der Waals surface area contributed by atoms with Gasteiger partial charge in [0, 0.05) is 40.6 Å². The second-order valence-corrected chi connectivity index (χ2v) is 11.0. The summed E-state index contributed by atoms with van der Waals surface area (Å²) in [5, 5.41) is 10.2. The molecule has 41 heavy (non-hydrogen) atoms. The van der Waals surface area contributed by atoms with Gasteiger partial charge in [-0.05, 0) is 42.2 Å². The third-order valence-corrected chi connectivity index (χ3v) is 7.73. The maximum atomic E-state index is 13.6. The summed E-state index contributed by atoms with van der Waals surface area (Å²) in [5.41, 5.74) is 1.25. The molecule has 2 aromatic carbocycles. The van der Waals surface area contributed by atoms with Crippen LogP contribution in [-0.2, 0) is 11.3 Å². The van der Waals surface area contributed by atoms with Crippen molar-refractivity contribution in [2.24, 2.45) is 5.92 Å². The first-order chi connectivity index (χ1) is 19.9. The van der Waals surface area contributed by atoms with Crippen molar-refractivity contribution >= 4 is 46.8 Å². The zero-order chi connectivity index (χ0) is 28.6. The van der Waals surface area contributed by atoms with Gasteiger partial charge in [0.2, 0.25) is 11.9 Å². The minimum absolute atomic E-state index is 0.109. The number of benzene rings is 2. The van der Waals surface area contributed by atoms with Crippen molar-refractivity contribution in [3.8, 4) is 5.82 Å². The smallest absolute Gasteiger partial charge is 0.258 e. The second kappa shape index (κ2) is 13.6. The van der Waals surface area contributed by atoms with Crippen LogP contribution in [0.2, 0.25) is 10.0 Å². The molecule has 9 nitrogen and oxygen atoms in total. The molecule has 0 saturated heterocycles. The summed E-state index contributed by atoms with van der Waals surface area (Å²) >= 11 is 12.4. The molecule has 1 aliphatic rings. The topological polar surface area (TPSA) is 114 Å². The van der Waals surface area contributed by atoms with Gasteiger partial charge in [-0.3, -0.25) is 19.5 Å². The van der Waals surface area contributed by atoms with E-state index in [0.717, 1.165) is 31.2 Å². The Kier molecular flexibility index (Phi) is 9.48. The highest BCUT2D eigenvalue weighted by Crippen LogP contribution is 2.29. The first kappa shape index (κ1) is 28.6. The normalized spacial score (nSPS) is 14.3. The number of carbonyl (C=O) groups excluding carboxylic acids is 2. The van der Waals surface area contributed by atoms with Gasteiger partial charge < -0.3 is 10.6 Å². The molecule has 212 valence electrons. The molecule has 1 atom stereocenters. The van der Waals surface area contributed by atoms with Crippen LogP contribution in [0.5, 0.6) is 0 Å².